The average Bonchev–Trinajstić information content (AvgIpc) is 2.92. The number of rotatable bonds is 3. The summed E-state index contributed by atoms with van der Waals surface area (Å²) in [6.45, 7) is 0.331. The van der Waals surface area contributed by atoms with Crippen LogP contribution in [0.3, 0.4) is 0 Å². The molecule has 2 aliphatic heterocycles. The van der Waals surface area contributed by atoms with Crippen LogP contribution in [-0.4, -0.2) is 16.9 Å². The molecule has 2 aliphatic rings. The topological polar surface area (TPSA) is 84.7 Å². The summed E-state index contributed by atoms with van der Waals surface area (Å²) in [4.78, 5) is 26.4. The van der Waals surface area contributed by atoms with Gasteiger partial charge in [0, 0.05) is 18.8 Å². The van der Waals surface area contributed by atoms with Crippen LogP contribution in [0.15, 0.2) is 84.6 Å². The monoisotopic (exact) mass is 399 g/mol. The number of nitro groups is 1. The number of ether oxygens (including phenoxy) is 1. The molecule has 148 valence electrons. The van der Waals surface area contributed by atoms with Crippen molar-refractivity contribution in [1.29, 1.82) is 0 Å². The minimum absolute atomic E-state index is 0.0551. The highest BCUT2D eigenvalue weighted by Crippen LogP contribution is 2.43. The smallest absolute Gasteiger partial charge is 0.294 e. The Kier molecular flexibility index (Phi) is 4.21. The molecule has 0 amide bonds. The number of anilines is 2. The molecule has 30 heavy (non-hydrogen) atoms. The van der Waals surface area contributed by atoms with Crippen molar-refractivity contribution in [2.24, 2.45) is 0 Å². The average molecular weight is 399 g/mol. The maximum Gasteiger partial charge on any atom is 0.294 e. The molecule has 0 saturated heterocycles. The second-order valence-corrected chi connectivity index (χ2v) is 7.08. The van der Waals surface area contributed by atoms with Crippen LogP contribution in [0.25, 0.3) is 0 Å². The van der Waals surface area contributed by atoms with Gasteiger partial charge in [-0.1, -0.05) is 48.5 Å². The number of hydrogen-bond acceptors (Lipinski definition) is 6. The Hall–Kier alpha value is -4.13. The fourth-order valence-corrected chi connectivity index (χ4v) is 3.89. The summed E-state index contributed by atoms with van der Waals surface area (Å²) >= 11 is 0. The van der Waals surface area contributed by atoms with Crippen LogP contribution >= 0.6 is 0 Å². The van der Waals surface area contributed by atoms with E-state index in [0.29, 0.717) is 34.8 Å². The van der Waals surface area contributed by atoms with E-state index in [9.17, 15) is 14.9 Å². The third kappa shape index (κ3) is 2.88. The van der Waals surface area contributed by atoms with Crippen molar-refractivity contribution in [3.8, 4) is 5.75 Å². The van der Waals surface area contributed by atoms with Gasteiger partial charge in [0.1, 0.15) is 11.4 Å². The first-order valence-corrected chi connectivity index (χ1v) is 9.48. The molecular weight excluding hydrogens is 382 g/mol. The fourth-order valence-electron chi connectivity index (χ4n) is 3.89. The Morgan fingerprint density at radius 3 is 2.57 bits per heavy atom. The molecule has 3 aromatic carbocycles. The Balaban J connectivity index is 1.70. The van der Waals surface area contributed by atoms with Crippen LogP contribution < -0.4 is 15.0 Å². The Morgan fingerprint density at radius 1 is 1.00 bits per heavy atom. The van der Waals surface area contributed by atoms with Crippen molar-refractivity contribution in [2.45, 2.75) is 12.8 Å². The number of nitrogens with zero attached hydrogens (tertiary/aromatic N) is 2. The minimum atomic E-state index is -0.803. The van der Waals surface area contributed by atoms with Gasteiger partial charge in [-0.2, -0.15) is 0 Å². The van der Waals surface area contributed by atoms with Gasteiger partial charge in [-0.15, -0.1) is 0 Å². The van der Waals surface area contributed by atoms with E-state index < -0.39 is 11.2 Å². The predicted molar refractivity (Wildman–Crippen MR) is 113 cm³/mol. The number of hydrogen-bond donors (Lipinski definition) is 1. The molecule has 0 aliphatic carbocycles. The molecular formula is C23H17N3O4. The van der Waals surface area contributed by atoms with E-state index in [1.165, 1.54) is 6.07 Å². The molecule has 7 heteroatoms. The van der Waals surface area contributed by atoms with E-state index in [1.807, 2.05) is 30.3 Å². The van der Waals surface area contributed by atoms with Crippen molar-refractivity contribution >= 4 is 22.8 Å². The van der Waals surface area contributed by atoms with Gasteiger partial charge in [0.05, 0.1) is 21.7 Å². The highest BCUT2D eigenvalue weighted by Gasteiger charge is 2.40. The van der Waals surface area contributed by atoms with Gasteiger partial charge in [0.25, 0.3) is 5.69 Å². The van der Waals surface area contributed by atoms with E-state index in [4.69, 9.17) is 4.74 Å². The molecule has 7 nitrogen and oxygen atoms in total. The Bertz CT molecular complexity index is 1190. The fraction of sp³-hybridized carbons (Fsp3) is 0.0870. The quantitative estimate of drug-likeness (QED) is 0.515. The molecule has 0 saturated carbocycles. The molecule has 1 atom stereocenters. The molecule has 2 heterocycles. The molecule has 0 radical (unpaired) electrons. The summed E-state index contributed by atoms with van der Waals surface area (Å²) in [5.41, 5.74) is 2.69. The number of fused-ring (bicyclic) bond motifs is 3. The van der Waals surface area contributed by atoms with Crippen molar-refractivity contribution in [3.05, 3.63) is 106 Å². The third-order valence-corrected chi connectivity index (χ3v) is 5.26. The first kappa shape index (κ1) is 17.9. The summed E-state index contributed by atoms with van der Waals surface area (Å²) in [5, 5.41) is 14.9. The highest BCUT2D eigenvalue weighted by molar-refractivity contribution is 6.13. The van der Waals surface area contributed by atoms with Crippen molar-refractivity contribution < 1.29 is 14.5 Å². The minimum Gasteiger partial charge on any atom is -0.465 e. The second kappa shape index (κ2) is 7.04. The van der Waals surface area contributed by atoms with Crippen LogP contribution in [0.5, 0.6) is 5.75 Å². The Morgan fingerprint density at radius 2 is 1.77 bits per heavy atom. The number of Topliss-reactive ketones (excluding diaryl/α,β-unsaturated/α-hetero) is 1. The zero-order valence-electron chi connectivity index (χ0n) is 15.8. The summed E-state index contributed by atoms with van der Waals surface area (Å²) in [6, 6.07) is 21.5. The zero-order valence-corrected chi connectivity index (χ0v) is 15.8. The second-order valence-electron chi connectivity index (χ2n) is 7.08. The molecule has 0 spiro atoms. The first-order valence-electron chi connectivity index (χ1n) is 9.48. The summed E-state index contributed by atoms with van der Waals surface area (Å²) in [5.74, 6) is 0.299. The molecule has 0 bridgehead atoms. The van der Waals surface area contributed by atoms with Crippen LogP contribution in [0, 0.1) is 10.1 Å². The lowest BCUT2D eigenvalue weighted by Gasteiger charge is -2.36. The van der Waals surface area contributed by atoms with E-state index in [2.05, 4.69) is 5.32 Å². The number of ketones is 1. The van der Waals surface area contributed by atoms with E-state index in [-0.39, 0.29) is 11.5 Å². The zero-order chi connectivity index (χ0) is 20.7. The summed E-state index contributed by atoms with van der Waals surface area (Å²) in [7, 11) is 0. The molecule has 0 aromatic heterocycles. The van der Waals surface area contributed by atoms with Gasteiger partial charge in [-0.05, 0) is 23.8 Å². The van der Waals surface area contributed by atoms with Crippen molar-refractivity contribution in [1.82, 2.24) is 0 Å². The highest BCUT2D eigenvalue weighted by atomic mass is 16.6. The first-order chi connectivity index (χ1) is 14.6. The van der Waals surface area contributed by atoms with Crippen LogP contribution in [0.1, 0.15) is 15.9 Å². The number of benzene rings is 3. The maximum atomic E-state index is 13.2. The number of carbonyl (C=O) groups is 1. The van der Waals surface area contributed by atoms with E-state index in [0.717, 1.165) is 5.56 Å². The number of carbonyl (C=O) groups excluding carboxylic acids is 1. The Labute approximate surface area is 172 Å². The molecule has 0 fully saturated rings. The van der Waals surface area contributed by atoms with Gasteiger partial charge in [0.2, 0.25) is 6.23 Å². The maximum absolute atomic E-state index is 13.2. The summed E-state index contributed by atoms with van der Waals surface area (Å²) < 4.78 is 6.24. The van der Waals surface area contributed by atoms with Gasteiger partial charge in [-0.3, -0.25) is 14.9 Å². The molecule has 1 unspecified atom stereocenters. The largest absolute Gasteiger partial charge is 0.465 e. The van der Waals surface area contributed by atoms with Crippen LogP contribution in [0.2, 0.25) is 0 Å². The van der Waals surface area contributed by atoms with Gasteiger partial charge in [0.15, 0.2) is 5.78 Å². The summed E-state index contributed by atoms with van der Waals surface area (Å²) in [6.07, 6.45) is 0.790. The van der Waals surface area contributed by atoms with E-state index in [1.54, 1.807) is 47.5 Å². The van der Waals surface area contributed by atoms with Crippen LogP contribution in [0.4, 0.5) is 17.1 Å². The lowest BCUT2D eigenvalue weighted by Crippen LogP contribution is -2.45. The van der Waals surface area contributed by atoms with Crippen molar-refractivity contribution in [2.75, 3.05) is 10.2 Å². The van der Waals surface area contributed by atoms with Crippen LogP contribution in [-0.2, 0) is 6.54 Å². The van der Waals surface area contributed by atoms with Gasteiger partial charge in [-0.25, -0.2) is 0 Å². The predicted octanol–water partition coefficient (Wildman–Crippen LogP) is 4.51. The van der Waals surface area contributed by atoms with Gasteiger partial charge < -0.3 is 15.0 Å². The number of para-hydroxylation sites is 2. The third-order valence-electron chi connectivity index (χ3n) is 5.26. The molecule has 5 rings (SSSR count). The number of nitro benzene ring substituents is 1. The standard InChI is InChI=1S/C23H17N3O4/c27-22-16-9-4-5-12-20(16)30-23-17(22)13-24-18-10-6-11-19(26(28)29)21(18)25(23)14-15-7-2-1-3-8-15/h1-13,23-24H,14H2. The van der Waals surface area contributed by atoms with Gasteiger partial charge >= 0.3 is 0 Å². The number of nitrogens with one attached hydrogen (secondary N) is 1. The molecule has 1 N–H and O–H groups in total. The molecule has 3 aromatic rings. The van der Waals surface area contributed by atoms with Crippen molar-refractivity contribution in [3.63, 3.8) is 0 Å². The van der Waals surface area contributed by atoms with E-state index >= 15 is 0 Å². The SMILES string of the molecule is O=C1C2=CNc3cccc([N+](=O)[O-])c3N(Cc3ccccc3)C2Oc2ccccc21. The normalized spacial score (nSPS) is 16.8. The lowest BCUT2D eigenvalue weighted by molar-refractivity contribution is -0.384. The lowest BCUT2D eigenvalue weighted by atomic mass is 9.98.